The first-order valence-corrected chi connectivity index (χ1v) is 15.9. The van der Waals surface area contributed by atoms with E-state index in [0.29, 0.717) is 5.66 Å². The van der Waals surface area contributed by atoms with E-state index in [9.17, 15) is 0 Å². The van der Waals surface area contributed by atoms with Gasteiger partial charge in [-0.2, -0.15) is 0 Å². The summed E-state index contributed by atoms with van der Waals surface area (Å²) in [5.74, 6) is 0. The minimum Gasteiger partial charge on any atom is -0.0798 e. The molecule has 0 fully saturated rings. The van der Waals surface area contributed by atoms with Crippen LogP contribution in [0.2, 0.25) is 0 Å². The fourth-order valence-electron chi connectivity index (χ4n) is 5.64. The molecular formula is C35H36P2. The molecule has 1 aliphatic carbocycles. The van der Waals surface area contributed by atoms with E-state index < -0.39 is 15.8 Å². The van der Waals surface area contributed by atoms with Crippen molar-refractivity contribution in [3.8, 4) is 0 Å². The summed E-state index contributed by atoms with van der Waals surface area (Å²) < 4.78 is 0. The summed E-state index contributed by atoms with van der Waals surface area (Å²) in [6, 6.07) is 36.7. The minimum absolute atomic E-state index is 0.420. The number of allylic oxidation sites excluding steroid dienone is 4. The van der Waals surface area contributed by atoms with E-state index in [1.165, 1.54) is 43.5 Å². The van der Waals surface area contributed by atoms with Crippen LogP contribution in [0.5, 0.6) is 0 Å². The van der Waals surface area contributed by atoms with Gasteiger partial charge < -0.3 is 0 Å². The Bertz CT molecular complexity index is 1320. The lowest BCUT2D eigenvalue weighted by Gasteiger charge is -2.30. The van der Waals surface area contributed by atoms with Crippen molar-refractivity contribution in [1.82, 2.24) is 0 Å². The highest BCUT2D eigenvalue weighted by Gasteiger charge is 2.30. The standard InChI is InChI=1S/C35H36P2/c1-25-19-26(2)22-32(21-25)36(33-23-27(3)20-28(4)24-33)29(5)34-17-12-18-35(34)37(30-13-8-6-9-14-30)31-15-10-7-11-16-31/h6-17,19-24,29H,18H2,1-5H3/t29-/m1/s1. The zero-order chi connectivity index (χ0) is 25.9. The molecule has 0 amide bonds. The summed E-state index contributed by atoms with van der Waals surface area (Å²) in [6.45, 7) is 11.4. The van der Waals surface area contributed by atoms with E-state index in [0.717, 1.165) is 6.42 Å². The third-order valence-electron chi connectivity index (χ3n) is 7.05. The van der Waals surface area contributed by atoms with Crippen molar-refractivity contribution in [1.29, 1.82) is 0 Å². The van der Waals surface area contributed by atoms with Gasteiger partial charge in [0, 0.05) is 5.66 Å². The zero-order valence-corrected chi connectivity index (χ0v) is 24.4. The third-order valence-corrected chi connectivity index (χ3v) is 12.3. The quantitative estimate of drug-likeness (QED) is 0.217. The molecule has 0 saturated heterocycles. The fraction of sp³-hybridized carbons (Fsp3) is 0.200. The summed E-state index contributed by atoms with van der Waals surface area (Å²) >= 11 is 0. The molecule has 5 rings (SSSR count). The maximum atomic E-state index is 2.48. The highest BCUT2D eigenvalue weighted by molar-refractivity contribution is 7.77. The summed E-state index contributed by atoms with van der Waals surface area (Å²) in [5.41, 5.74) is 7.38. The van der Waals surface area contributed by atoms with Crippen LogP contribution < -0.4 is 21.2 Å². The molecule has 37 heavy (non-hydrogen) atoms. The Labute approximate surface area is 225 Å². The molecule has 0 bridgehead atoms. The van der Waals surface area contributed by atoms with Crippen molar-refractivity contribution in [2.24, 2.45) is 0 Å². The first kappa shape index (κ1) is 25.9. The molecule has 0 unspecified atom stereocenters. The van der Waals surface area contributed by atoms with Crippen molar-refractivity contribution in [2.45, 2.75) is 46.7 Å². The van der Waals surface area contributed by atoms with Crippen LogP contribution >= 0.6 is 15.8 Å². The molecule has 0 N–H and O–H groups in total. The summed E-state index contributed by atoms with van der Waals surface area (Å²) in [5, 5.41) is 7.46. The number of hydrogen-bond donors (Lipinski definition) is 0. The molecule has 1 atom stereocenters. The van der Waals surface area contributed by atoms with E-state index in [2.05, 4.69) is 144 Å². The van der Waals surface area contributed by atoms with E-state index >= 15 is 0 Å². The van der Waals surface area contributed by atoms with Gasteiger partial charge in [0.05, 0.1) is 0 Å². The van der Waals surface area contributed by atoms with Gasteiger partial charge in [0.15, 0.2) is 0 Å². The molecule has 0 spiro atoms. The summed E-state index contributed by atoms with van der Waals surface area (Å²) in [6.07, 6.45) is 5.89. The van der Waals surface area contributed by atoms with Crippen LogP contribution in [0.1, 0.15) is 35.6 Å². The highest BCUT2D eigenvalue weighted by Crippen LogP contribution is 2.54. The first-order chi connectivity index (χ1) is 17.9. The lowest BCUT2D eigenvalue weighted by molar-refractivity contribution is 1.15. The monoisotopic (exact) mass is 518 g/mol. The second kappa shape index (κ2) is 11.3. The van der Waals surface area contributed by atoms with E-state index in [-0.39, 0.29) is 0 Å². The smallest absolute Gasteiger partial charge is 0.00970 e. The molecule has 1 aliphatic rings. The van der Waals surface area contributed by atoms with Crippen molar-refractivity contribution >= 4 is 37.1 Å². The Morgan fingerprint density at radius 2 is 1.00 bits per heavy atom. The maximum Gasteiger partial charge on any atom is 0.00970 e. The van der Waals surface area contributed by atoms with Gasteiger partial charge >= 0.3 is 0 Å². The fourth-order valence-corrected chi connectivity index (χ4v) is 11.5. The van der Waals surface area contributed by atoms with Crippen molar-refractivity contribution in [3.05, 3.63) is 142 Å². The lowest BCUT2D eigenvalue weighted by Crippen LogP contribution is -2.23. The van der Waals surface area contributed by atoms with Crippen LogP contribution in [0.3, 0.4) is 0 Å². The van der Waals surface area contributed by atoms with Gasteiger partial charge in [-0.05, 0) is 82.1 Å². The van der Waals surface area contributed by atoms with Crippen molar-refractivity contribution in [3.63, 3.8) is 0 Å². The van der Waals surface area contributed by atoms with Gasteiger partial charge in [0.25, 0.3) is 0 Å². The normalized spacial score (nSPS) is 14.1. The number of aryl methyl sites for hydroxylation is 4. The van der Waals surface area contributed by atoms with Gasteiger partial charge in [-0.3, -0.25) is 0 Å². The summed E-state index contributed by atoms with van der Waals surface area (Å²) in [7, 11) is -1.16. The topological polar surface area (TPSA) is 0 Å². The van der Waals surface area contributed by atoms with Gasteiger partial charge in [0.1, 0.15) is 0 Å². The van der Waals surface area contributed by atoms with Crippen LogP contribution in [0.4, 0.5) is 0 Å². The predicted molar refractivity (Wildman–Crippen MR) is 167 cm³/mol. The second-order valence-electron chi connectivity index (χ2n) is 10.3. The van der Waals surface area contributed by atoms with Gasteiger partial charge in [0.2, 0.25) is 0 Å². The summed E-state index contributed by atoms with van der Waals surface area (Å²) in [4.78, 5) is 0. The molecule has 0 aliphatic heterocycles. The van der Waals surface area contributed by atoms with Gasteiger partial charge in [-0.1, -0.05) is 138 Å². The molecule has 0 saturated carbocycles. The van der Waals surface area contributed by atoms with Crippen LogP contribution in [-0.4, -0.2) is 5.66 Å². The van der Waals surface area contributed by atoms with Gasteiger partial charge in [-0.25, -0.2) is 0 Å². The average Bonchev–Trinajstić information content (AvgIpc) is 3.34. The molecule has 0 heterocycles. The largest absolute Gasteiger partial charge is 0.0798 e. The first-order valence-electron chi connectivity index (χ1n) is 13.2. The molecule has 0 radical (unpaired) electrons. The zero-order valence-electron chi connectivity index (χ0n) is 22.6. The molecule has 0 aromatic heterocycles. The minimum atomic E-state index is -0.584. The molecule has 4 aromatic carbocycles. The van der Waals surface area contributed by atoms with Gasteiger partial charge in [-0.15, -0.1) is 0 Å². The predicted octanol–water partition coefficient (Wildman–Crippen LogP) is 8.09. The molecule has 2 heteroatoms. The Morgan fingerprint density at radius 1 is 0.568 bits per heavy atom. The van der Waals surface area contributed by atoms with Crippen LogP contribution in [0, 0.1) is 27.7 Å². The van der Waals surface area contributed by atoms with Crippen LogP contribution in [-0.2, 0) is 0 Å². The van der Waals surface area contributed by atoms with Crippen LogP contribution in [0.15, 0.2) is 120 Å². The maximum absolute atomic E-state index is 2.48. The van der Waals surface area contributed by atoms with E-state index in [1.54, 1.807) is 10.9 Å². The van der Waals surface area contributed by atoms with Crippen LogP contribution in [0.25, 0.3) is 0 Å². The number of benzene rings is 4. The Kier molecular flexibility index (Phi) is 7.90. The number of rotatable bonds is 7. The van der Waals surface area contributed by atoms with E-state index in [1.807, 2.05) is 0 Å². The highest BCUT2D eigenvalue weighted by atomic mass is 31.1. The molecule has 4 aromatic rings. The van der Waals surface area contributed by atoms with Crippen molar-refractivity contribution in [2.75, 3.05) is 0 Å². The second-order valence-corrected chi connectivity index (χ2v) is 15.0. The average molecular weight is 519 g/mol. The Balaban J connectivity index is 1.69. The van der Waals surface area contributed by atoms with E-state index in [4.69, 9.17) is 0 Å². The third kappa shape index (κ3) is 5.72. The Morgan fingerprint density at radius 3 is 1.43 bits per heavy atom. The van der Waals surface area contributed by atoms with Crippen molar-refractivity contribution < 1.29 is 0 Å². The Hall–Kier alpha value is -2.78. The molecule has 0 nitrogen and oxygen atoms in total. The SMILES string of the molecule is Cc1cc(C)cc(P(c2cc(C)cc(C)c2)[C@H](C)C2=C(P(c3ccccc3)c3ccccc3)CC=C2)c1. The number of hydrogen-bond acceptors (Lipinski definition) is 0. The lowest BCUT2D eigenvalue weighted by atomic mass is 10.2. The molecule has 186 valence electrons. The molecular weight excluding hydrogens is 482 g/mol.